The van der Waals surface area contributed by atoms with Crippen LogP contribution in [0, 0.1) is 12.8 Å². The molecule has 0 radical (unpaired) electrons. The minimum Gasteiger partial charge on any atom is -0.481 e. The van der Waals surface area contributed by atoms with Crippen LogP contribution in [0.5, 0.6) is 0 Å². The molecule has 21 heavy (non-hydrogen) atoms. The van der Waals surface area contributed by atoms with Crippen LogP contribution < -0.4 is 5.32 Å². The molecule has 1 atom stereocenters. The van der Waals surface area contributed by atoms with E-state index in [4.69, 9.17) is 5.11 Å². The number of nitrogens with one attached hydrogen (secondary N) is 1. The van der Waals surface area contributed by atoms with Crippen molar-refractivity contribution in [2.24, 2.45) is 5.92 Å². The van der Waals surface area contributed by atoms with Gasteiger partial charge in [0, 0.05) is 29.7 Å². The Morgan fingerprint density at radius 1 is 1.43 bits per heavy atom. The molecule has 1 saturated heterocycles. The maximum absolute atomic E-state index is 12.2. The van der Waals surface area contributed by atoms with Crippen LogP contribution in [-0.2, 0) is 4.79 Å². The SMILES string of the molecule is Cc1cc(Br)cc(NC(=O)N2CCC(CCC(=O)O)C2)c1. The predicted octanol–water partition coefficient (Wildman–Crippen LogP) is 3.48. The number of anilines is 1. The summed E-state index contributed by atoms with van der Waals surface area (Å²) in [6, 6.07) is 5.64. The van der Waals surface area contributed by atoms with E-state index in [1.807, 2.05) is 25.1 Å². The van der Waals surface area contributed by atoms with Gasteiger partial charge in [0.2, 0.25) is 0 Å². The number of hydrogen-bond donors (Lipinski definition) is 2. The predicted molar refractivity (Wildman–Crippen MR) is 84.4 cm³/mol. The number of carboxylic acid groups (broad SMARTS) is 1. The van der Waals surface area contributed by atoms with Crippen molar-refractivity contribution >= 4 is 33.6 Å². The number of carboxylic acids is 1. The summed E-state index contributed by atoms with van der Waals surface area (Å²) in [5.41, 5.74) is 1.83. The lowest BCUT2D eigenvalue weighted by Gasteiger charge is -2.17. The van der Waals surface area contributed by atoms with Crippen molar-refractivity contribution in [2.45, 2.75) is 26.2 Å². The van der Waals surface area contributed by atoms with Gasteiger partial charge in [-0.3, -0.25) is 4.79 Å². The summed E-state index contributed by atoms with van der Waals surface area (Å²) in [6.07, 6.45) is 1.68. The molecule has 1 heterocycles. The van der Waals surface area contributed by atoms with Crippen molar-refractivity contribution in [2.75, 3.05) is 18.4 Å². The number of nitrogens with zero attached hydrogens (tertiary/aromatic N) is 1. The van der Waals surface area contributed by atoms with Crippen LogP contribution in [0.1, 0.15) is 24.8 Å². The zero-order valence-electron chi connectivity index (χ0n) is 11.9. The second-order valence-electron chi connectivity index (χ2n) is 5.48. The van der Waals surface area contributed by atoms with Crippen LogP contribution in [0.15, 0.2) is 22.7 Å². The quantitative estimate of drug-likeness (QED) is 0.869. The van der Waals surface area contributed by atoms with Gasteiger partial charge >= 0.3 is 12.0 Å². The molecule has 0 aromatic heterocycles. The number of halogens is 1. The normalized spacial score (nSPS) is 17.8. The average Bonchev–Trinajstić information content (AvgIpc) is 2.83. The maximum Gasteiger partial charge on any atom is 0.321 e. The fourth-order valence-electron chi connectivity index (χ4n) is 2.59. The van der Waals surface area contributed by atoms with E-state index in [2.05, 4.69) is 21.2 Å². The zero-order valence-corrected chi connectivity index (χ0v) is 13.5. The van der Waals surface area contributed by atoms with Crippen LogP contribution in [0.4, 0.5) is 10.5 Å². The maximum atomic E-state index is 12.2. The monoisotopic (exact) mass is 354 g/mol. The third-order valence-electron chi connectivity index (χ3n) is 3.63. The van der Waals surface area contributed by atoms with Crippen molar-refractivity contribution in [1.29, 1.82) is 0 Å². The molecule has 1 aliphatic heterocycles. The number of urea groups is 1. The molecule has 5 nitrogen and oxygen atoms in total. The molecule has 1 unspecified atom stereocenters. The summed E-state index contributed by atoms with van der Waals surface area (Å²) < 4.78 is 0.929. The van der Waals surface area contributed by atoms with Crippen LogP contribution in [-0.4, -0.2) is 35.1 Å². The molecule has 0 aliphatic carbocycles. The number of aryl methyl sites for hydroxylation is 1. The second-order valence-corrected chi connectivity index (χ2v) is 6.40. The summed E-state index contributed by atoms with van der Waals surface area (Å²) in [5, 5.41) is 11.6. The number of carbonyl (C=O) groups is 2. The smallest absolute Gasteiger partial charge is 0.321 e. The van der Waals surface area contributed by atoms with E-state index >= 15 is 0 Å². The molecule has 1 fully saturated rings. The summed E-state index contributed by atoms with van der Waals surface area (Å²) in [5.74, 6) is -0.487. The van der Waals surface area contributed by atoms with Gasteiger partial charge in [0.15, 0.2) is 0 Å². The molecule has 2 amide bonds. The fourth-order valence-corrected chi connectivity index (χ4v) is 3.20. The third-order valence-corrected chi connectivity index (χ3v) is 4.09. The molecule has 114 valence electrons. The Balaban J connectivity index is 1.88. The number of carbonyl (C=O) groups excluding carboxylic acids is 1. The number of hydrogen-bond acceptors (Lipinski definition) is 2. The van der Waals surface area contributed by atoms with Gasteiger partial charge in [-0.1, -0.05) is 15.9 Å². The van der Waals surface area contributed by atoms with Gasteiger partial charge < -0.3 is 15.3 Å². The number of aliphatic carboxylic acids is 1. The van der Waals surface area contributed by atoms with E-state index in [0.717, 1.165) is 22.1 Å². The fraction of sp³-hybridized carbons (Fsp3) is 0.467. The molecule has 2 rings (SSSR count). The Labute approximate surface area is 132 Å². The topological polar surface area (TPSA) is 69.6 Å². The first kappa shape index (κ1) is 15.8. The van der Waals surface area contributed by atoms with Gasteiger partial charge in [0.25, 0.3) is 0 Å². The first-order valence-corrected chi connectivity index (χ1v) is 7.78. The van der Waals surface area contributed by atoms with E-state index < -0.39 is 5.97 Å². The molecule has 6 heteroatoms. The van der Waals surface area contributed by atoms with Crippen molar-refractivity contribution in [3.63, 3.8) is 0 Å². The van der Waals surface area contributed by atoms with Crippen LogP contribution in [0.25, 0.3) is 0 Å². The molecule has 1 aromatic carbocycles. The van der Waals surface area contributed by atoms with E-state index in [1.165, 1.54) is 0 Å². The lowest BCUT2D eigenvalue weighted by Crippen LogP contribution is -2.33. The minimum atomic E-state index is -0.775. The molecular weight excluding hydrogens is 336 g/mol. The second kappa shape index (κ2) is 6.93. The molecule has 0 bridgehead atoms. The first-order valence-electron chi connectivity index (χ1n) is 6.99. The van der Waals surface area contributed by atoms with Crippen LogP contribution in [0.2, 0.25) is 0 Å². The van der Waals surface area contributed by atoms with E-state index in [1.54, 1.807) is 4.90 Å². The summed E-state index contributed by atoms with van der Waals surface area (Å²) in [7, 11) is 0. The van der Waals surface area contributed by atoms with Gasteiger partial charge in [-0.05, 0) is 49.4 Å². The Bertz CT molecular complexity index is 527. The molecule has 0 spiro atoms. The highest BCUT2D eigenvalue weighted by molar-refractivity contribution is 9.10. The number of rotatable bonds is 4. The Morgan fingerprint density at radius 3 is 2.86 bits per heavy atom. The number of benzene rings is 1. The zero-order chi connectivity index (χ0) is 15.4. The number of amides is 2. The molecule has 0 saturated carbocycles. The molecule has 1 aliphatic rings. The van der Waals surface area contributed by atoms with E-state index in [0.29, 0.717) is 19.5 Å². The Kier molecular flexibility index (Phi) is 5.22. The van der Waals surface area contributed by atoms with Crippen molar-refractivity contribution in [3.05, 3.63) is 28.2 Å². The largest absolute Gasteiger partial charge is 0.481 e. The van der Waals surface area contributed by atoms with Crippen LogP contribution in [0.3, 0.4) is 0 Å². The van der Waals surface area contributed by atoms with Gasteiger partial charge in [0.05, 0.1) is 0 Å². The Morgan fingerprint density at radius 2 is 2.19 bits per heavy atom. The third kappa shape index (κ3) is 4.74. The van der Waals surface area contributed by atoms with Crippen molar-refractivity contribution in [3.8, 4) is 0 Å². The molecule has 1 aromatic rings. The average molecular weight is 355 g/mol. The van der Waals surface area contributed by atoms with Gasteiger partial charge in [-0.2, -0.15) is 0 Å². The summed E-state index contributed by atoms with van der Waals surface area (Å²) in [4.78, 5) is 24.5. The highest BCUT2D eigenvalue weighted by Crippen LogP contribution is 2.23. The summed E-state index contributed by atoms with van der Waals surface area (Å²) in [6.45, 7) is 3.29. The minimum absolute atomic E-state index is 0.120. The first-order chi connectivity index (χ1) is 9.94. The van der Waals surface area contributed by atoms with Gasteiger partial charge in [0.1, 0.15) is 0 Å². The van der Waals surface area contributed by atoms with Gasteiger partial charge in [-0.25, -0.2) is 4.79 Å². The Hall–Kier alpha value is -1.56. The summed E-state index contributed by atoms with van der Waals surface area (Å²) >= 11 is 3.41. The highest BCUT2D eigenvalue weighted by atomic mass is 79.9. The van der Waals surface area contributed by atoms with E-state index in [9.17, 15) is 9.59 Å². The highest BCUT2D eigenvalue weighted by Gasteiger charge is 2.26. The van der Waals surface area contributed by atoms with Crippen molar-refractivity contribution in [1.82, 2.24) is 4.90 Å². The number of likely N-dealkylation sites (tertiary alicyclic amines) is 1. The standard InChI is InChI=1S/C15H19BrN2O3/c1-10-6-12(16)8-13(7-10)17-15(21)18-5-4-11(9-18)2-3-14(19)20/h6-8,11H,2-5,9H2,1H3,(H,17,21)(H,19,20). The van der Waals surface area contributed by atoms with E-state index in [-0.39, 0.29) is 18.4 Å². The molecule has 2 N–H and O–H groups in total. The van der Waals surface area contributed by atoms with Crippen molar-refractivity contribution < 1.29 is 14.7 Å². The lowest BCUT2D eigenvalue weighted by molar-refractivity contribution is -0.137. The van der Waals surface area contributed by atoms with Gasteiger partial charge in [-0.15, -0.1) is 0 Å². The lowest BCUT2D eigenvalue weighted by atomic mass is 10.0. The van der Waals surface area contributed by atoms with Crippen LogP contribution >= 0.6 is 15.9 Å². The molecular formula is C15H19BrN2O3.